The molecule has 3 N–H and O–H groups in total. The van der Waals surface area contributed by atoms with Crippen LogP contribution in [0.15, 0.2) is 34.8 Å². The van der Waals surface area contributed by atoms with E-state index in [1.165, 1.54) is 0 Å². The Morgan fingerprint density at radius 2 is 1.85 bits per heavy atom. The fraction of sp³-hybridized carbons (Fsp3) is 0.368. The molecule has 2 aromatic rings. The number of aliphatic hydroxyl groups excluding tert-OH is 1. The zero-order valence-electron chi connectivity index (χ0n) is 15.0. The van der Waals surface area contributed by atoms with E-state index >= 15 is 0 Å². The van der Waals surface area contributed by atoms with Gasteiger partial charge in [0.2, 0.25) is 0 Å². The molecule has 0 fully saturated rings. The van der Waals surface area contributed by atoms with Gasteiger partial charge in [0, 0.05) is 51.8 Å². The van der Waals surface area contributed by atoms with E-state index in [1.807, 2.05) is 18.2 Å². The normalized spacial score (nSPS) is 10.9. The third kappa shape index (κ3) is 6.82. The summed E-state index contributed by atoms with van der Waals surface area (Å²) in [6.07, 6.45) is 0. The summed E-state index contributed by atoms with van der Waals surface area (Å²) in [7, 11) is 1.61. The largest absolute Gasteiger partial charge is 0.493 e. The zero-order chi connectivity index (χ0) is 19.6. The van der Waals surface area contributed by atoms with Gasteiger partial charge in [0.25, 0.3) is 0 Å². The molecule has 0 aliphatic rings. The van der Waals surface area contributed by atoms with Crippen LogP contribution < -0.4 is 20.1 Å². The van der Waals surface area contributed by atoms with E-state index in [4.69, 9.17) is 37.8 Å². The molecule has 0 unspecified atom stereocenters. The molecule has 0 atom stereocenters. The average Bonchev–Trinajstić information content (AvgIpc) is 2.65. The Labute approximate surface area is 178 Å². The van der Waals surface area contributed by atoms with Gasteiger partial charge in [-0.2, -0.15) is 0 Å². The van der Waals surface area contributed by atoms with Crippen LogP contribution in [0.25, 0.3) is 0 Å². The minimum absolute atomic E-state index is 0.132. The standard InChI is InChI=1S/C19H23BrCl2N2O3/c1-26-18-5-4-16(20)15(11-24-7-6-23-8-9-25)19(18)27-12-13-2-3-14(21)10-17(13)22/h2-5,10,23-25H,6-9,11-12H2,1H3. The number of methoxy groups -OCH3 is 1. The molecule has 2 rings (SSSR count). The van der Waals surface area contributed by atoms with Crippen LogP contribution in [0.3, 0.4) is 0 Å². The lowest BCUT2D eigenvalue weighted by atomic mass is 10.1. The lowest BCUT2D eigenvalue weighted by Crippen LogP contribution is -2.29. The summed E-state index contributed by atoms with van der Waals surface area (Å²) in [6, 6.07) is 9.12. The van der Waals surface area contributed by atoms with Gasteiger partial charge in [-0.25, -0.2) is 0 Å². The fourth-order valence-electron chi connectivity index (χ4n) is 2.45. The number of rotatable bonds is 11. The van der Waals surface area contributed by atoms with Crippen LogP contribution in [0.4, 0.5) is 0 Å². The molecule has 0 saturated carbocycles. The molecular formula is C19H23BrCl2N2O3. The number of benzene rings is 2. The molecular weight excluding hydrogens is 455 g/mol. The highest BCUT2D eigenvalue weighted by Gasteiger charge is 2.15. The van der Waals surface area contributed by atoms with Crippen molar-refractivity contribution in [2.45, 2.75) is 13.2 Å². The molecule has 0 bridgehead atoms. The number of ether oxygens (including phenoxy) is 2. The second kappa shape index (κ2) is 11.7. The van der Waals surface area contributed by atoms with Gasteiger partial charge in [-0.1, -0.05) is 45.2 Å². The van der Waals surface area contributed by atoms with Crippen LogP contribution in [0.2, 0.25) is 10.0 Å². The smallest absolute Gasteiger partial charge is 0.167 e. The minimum atomic E-state index is 0.132. The van der Waals surface area contributed by atoms with Gasteiger partial charge in [-0.05, 0) is 24.3 Å². The van der Waals surface area contributed by atoms with Crippen LogP contribution in [-0.4, -0.2) is 38.5 Å². The lowest BCUT2D eigenvalue weighted by molar-refractivity contribution is 0.280. The molecule has 0 amide bonds. The molecule has 0 spiro atoms. The molecule has 148 valence electrons. The summed E-state index contributed by atoms with van der Waals surface area (Å²) in [6.45, 7) is 3.13. The molecule has 27 heavy (non-hydrogen) atoms. The third-order valence-corrected chi connectivity index (χ3v) is 5.17. The molecule has 0 heterocycles. The monoisotopic (exact) mass is 476 g/mol. The van der Waals surface area contributed by atoms with Gasteiger partial charge in [0.1, 0.15) is 6.61 Å². The SMILES string of the molecule is COc1ccc(Br)c(CNCCNCCO)c1OCc1ccc(Cl)cc1Cl. The summed E-state index contributed by atoms with van der Waals surface area (Å²) in [5.74, 6) is 1.31. The van der Waals surface area contributed by atoms with Gasteiger partial charge in [-0.15, -0.1) is 0 Å². The molecule has 0 aliphatic heterocycles. The first-order chi connectivity index (χ1) is 13.1. The predicted octanol–water partition coefficient (Wildman–Crippen LogP) is 4.02. The summed E-state index contributed by atoms with van der Waals surface area (Å²) in [5, 5.41) is 16.4. The maximum atomic E-state index is 8.78. The molecule has 0 radical (unpaired) electrons. The number of halogens is 3. The van der Waals surface area contributed by atoms with Gasteiger partial charge in [-0.3, -0.25) is 0 Å². The van der Waals surface area contributed by atoms with E-state index in [0.717, 1.165) is 28.7 Å². The Kier molecular flexibility index (Phi) is 9.68. The quantitative estimate of drug-likeness (QED) is 0.427. The van der Waals surface area contributed by atoms with E-state index in [2.05, 4.69) is 26.6 Å². The van der Waals surface area contributed by atoms with Crippen LogP contribution >= 0.6 is 39.1 Å². The third-order valence-electron chi connectivity index (χ3n) is 3.84. The molecule has 0 aliphatic carbocycles. The number of nitrogens with one attached hydrogen (secondary N) is 2. The van der Waals surface area contributed by atoms with Crippen molar-refractivity contribution in [3.8, 4) is 11.5 Å². The van der Waals surface area contributed by atoms with Crippen LogP contribution in [-0.2, 0) is 13.2 Å². The van der Waals surface area contributed by atoms with Gasteiger partial charge in [0.05, 0.1) is 13.7 Å². The lowest BCUT2D eigenvalue weighted by Gasteiger charge is -2.18. The highest BCUT2D eigenvalue weighted by molar-refractivity contribution is 9.10. The van der Waals surface area contributed by atoms with Crippen molar-refractivity contribution in [3.05, 3.63) is 56.0 Å². The van der Waals surface area contributed by atoms with Crippen molar-refractivity contribution >= 4 is 39.1 Å². The average molecular weight is 478 g/mol. The Bertz CT molecular complexity index is 747. The second-order valence-corrected chi connectivity index (χ2v) is 7.43. The molecule has 5 nitrogen and oxygen atoms in total. The number of aliphatic hydroxyl groups is 1. The van der Waals surface area contributed by atoms with Gasteiger partial charge in [0.15, 0.2) is 11.5 Å². The van der Waals surface area contributed by atoms with Gasteiger partial charge >= 0.3 is 0 Å². The van der Waals surface area contributed by atoms with E-state index in [0.29, 0.717) is 41.2 Å². The topological polar surface area (TPSA) is 62.8 Å². The van der Waals surface area contributed by atoms with Crippen molar-refractivity contribution in [1.82, 2.24) is 10.6 Å². The van der Waals surface area contributed by atoms with Crippen molar-refractivity contribution in [2.75, 3.05) is 33.4 Å². The van der Waals surface area contributed by atoms with Crippen molar-refractivity contribution in [1.29, 1.82) is 0 Å². The first kappa shape index (κ1) is 22.3. The van der Waals surface area contributed by atoms with E-state index in [9.17, 15) is 0 Å². The molecule has 8 heteroatoms. The number of hydrogen-bond acceptors (Lipinski definition) is 5. The molecule has 0 saturated heterocycles. The summed E-state index contributed by atoms with van der Waals surface area (Å²) in [4.78, 5) is 0. The fourth-order valence-corrected chi connectivity index (χ4v) is 3.36. The van der Waals surface area contributed by atoms with E-state index in [1.54, 1.807) is 19.2 Å². The Balaban J connectivity index is 2.09. The zero-order valence-corrected chi connectivity index (χ0v) is 18.1. The van der Waals surface area contributed by atoms with Crippen molar-refractivity contribution in [3.63, 3.8) is 0 Å². The minimum Gasteiger partial charge on any atom is -0.493 e. The first-order valence-corrected chi connectivity index (χ1v) is 10.1. The van der Waals surface area contributed by atoms with Crippen LogP contribution in [0.1, 0.15) is 11.1 Å². The Hall–Kier alpha value is -1.02. The summed E-state index contributed by atoms with van der Waals surface area (Å²) < 4.78 is 12.5. The van der Waals surface area contributed by atoms with Crippen molar-refractivity contribution < 1.29 is 14.6 Å². The number of hydrogen-bond donors (Lipinski definition) is 3. The summed E-state index contributed by atoms with van der Waals surface area (Å²) in [5.41, 5.74) is 1.80. The molecule has 2 aromatic carbocycles. The maximum Gasteiger partial charge on any atom is 0.167 e. The van der Waals surface area contributed by atoms with E-state index in [-0.39, 0.29) is 6.61 Å². The Morgan fingerprint density at radius 1 is 1.07 bits per heavy atom. The van der Waals surface area contributed by atoms with E-state index < -0.39 is 0 Å². The Morgan fingerprint density at radius 3 is 2.56 bits per heavy atom. The summed E-state index contributed by atoms with van der Waals surface area (Å²) >= 11 is 15.8. The van der Waals surface area contributed by atoms with Crippen molar-refractivity contribution in [2.24, 2.45) is 0 Å². The predicted molar refractivity (Wildman–Crippen MR) is 113 cm³/mol. The first-order valence-electron chi connectivity index (χ1n) is 8.51. The highest BCUT2D eigenvalue weighted by Crippen LogP contribution is 2.37. The highest BCUT2D eigenvalue weighted by atomic mass is 79.9. The van der Waals surface area contributed by atoms with Gasteiger partial charge < -0.3 is 25.2 Å². The van der Waals surface area contributed by atoms with Crippen LogP contribution in [0.5, 0.6) is 11.5 Å². The van der Waals surface area contributed by atoms with Crippen LogP contribution in [0, 0.1) is 0 Å². The molecule has 0 aromatic heterocycles. The second-order valence-electron chi connectivity index (χ2n) is 5.73. The maximum absolute atomic E-state index is 8.78.